The number of para-hydroxylation sites is 6. The van der Waals surface area contributed by atoms with E-state index in [1.807, 2.05) is 0 Å². The number of aryl methyl sites for hydroxylation is 3. The molecule has 12 aromatic carbocycles. The zero-order chi connectivity index (χ0) is 54.1. The molecule has 0 saturated carbocycles. The van der Waals surface area contributed by atoms with Gasteiger partial charge >= 0.3 is 485 Å². The number of fused-ring (bicyclic) bond motifs is 9. The van der Waals surface area contributed by atoms with E-state index < -0.39 is 20.2 Å². The Morgan fingerprint density at radius 2 is 0.415 bits per heavy atom. The molecule has 0 N–H and O–H groups in total. The van der Waals surface area contributed by atoms with E-state index >= 15 is 0 Å². The minimum absolute atomic E-state index is 1.13. The predicted octanol–water partition coefficient (Wildman–Crippen LogP) is 17.8. The Hall–Kier alpha value is -9.74. The van der Waals surface area contributed by atoms with Crippen LogP contribution in [0.1, 0.15) is 16.7 Å². The molecule has 82 heavy (non-hydrogen) atoms. The fourth-order valence-corrected chi connectivity index (χ4v) is 22.8. The molecule has 0 atom stereocenters. The first-order valence-corrected chi connectivity index (χ1v) is 32.2. The average molecular weight is 1160 g/mol. The standard InChI is InChI=1S/C75H51N6.Sb/c1-49-28-34-52(35-29-49)76-55-40-57(45-61(43-55)79-70-22-10-4-16-64(70)65-17-5-11-23-71(65)79)77(53-36-30-50(2)31-37-53)59-42-60(48-63(47-59)81-74-26-14-8-20-68(74)69-21-9-15-27-75(69)81)78(54-38-32-51(3)33-39-54)58-41-56(76)44-62(46-58)80-72-24-12-6-18-66(72)67-19-7-13-25-73(67)80;/h4-39,43-48H,1-3H3;. The second-order valence-corrected chi connectivity index (χ2v) is 28.2. The summed E-state index contributed by atoms with van der Waals surface area (Å²) in [6.45, 7) is 6.60. The molecule has 0 spiro atoms. The van der Waals surface area contributed by atoms with Crippen LogP contribution in [0.2, 0.25) is 0 Å². The Morgan fingerprint density at radius 3 is 0.622 bits per heavy atom. The zero-order valence-electron chi connectivity index (χ0n) is 45.4. The molecule has 0 bridgehead atoms. The average Bonchev–Trinajstić information content (AvgIpc) is 2.88. The van der Waals surface area contributed by atoms with E-state index in [0.29, 0.717) is 0 Å². The third kappa shape index (κ3) is 6.36. The Balaban J connectivity index is 1.05. The number of rotatable bonds is 6. The van der Waals surface area contributed by atoms with Crippen LogP contribution in [0.15, 0.2) is 255 Å². The van der Waals surface area contributed by atoms with Crippen molar-refractivity contribution in [2.75, 3.05) is 14.7 Å². The number of nitrogens with zero attached hydrogens (tertiary/aromatic N) is 6. The van der Waals surface area contributed by atoms with Crippen molar-refractivity contribution in [1.29, 1.82) is 0 Å². The molecular formula is C75H51N6Sb. The second-order valence-electron chi connectivity index (χ2n) is 22.5. The molecule has 0 unspecified atom stereocenters. The normalized spacial score (nSPS) is 13.4. The summed E-state index contributed by atoms with van der Waals surface area (Å²) in [4.78, 5) is 7.95. The molecule has 0 amide bonds. The van der Waals surface area contributed by atoms with Crippen LogP contribution in [0.3, 0.4) is 0 Å². The molecule has 15 aromatic rings. The summed E-state index contributed by atoms with van der Waals surface area (Å²) in [6, 6.07) is 96.8. The van der Waals surface area contributed by atoms with E-state index in [9.17, 15) is 0 Å². The van der Waals surface area contributed by atoms with E-state index in [4.69, 9.17) is 0 Å². The van der Waals surface area contributed by atoms with Gasteiger partial charge in [0.05, 0.1) is 0 Å². The van der Waals surface area contributed by atoms with Gasteiger partial charge in [-0.05, 0) is 0 Å². The van der Waals surface area contributed by atoms with E-state index in [1.165, 1.54) is 127 Å². The van der Waals surface area contributed by atoms with Gasteiger partial charge in [0.25, 0.3) is 0 Å². The van der Waals surface area contributed by atoms with Gasteiger partial charge in [0.2, 0.25) is 0 Å². The first-order chi connectivity index (χ1) is 40.4. The monoisotopic (exact) mass is 1160 g/mol. The van der Waals surface area contributed by atoms with Crippen molar-refractivity contribution >= 4 is 147 Å². The van der Waals surface area contributed by atoms with E-state index in [0.717, 1.165) is 34.1 Å². The number of benzene rings is 12. The summed E-state index contributed by atoms with van der Waals surface area (Å²) in [5, 5.41) is 7.46. The van der Waals surface area contributed by atoms with Crippen molar-refractivity contribution in [2.24, 2.45) is 0 Å². The van der Waals surface area contributed by atoms with Gasteiger partial charge in [-0.2, -0.15) is 0 Å². The zero-order valence-corrected chi connectivity index (χ0v) is 47.9. The SMILES string of the molecule is Cc1ccc(N2c3cc(-n4c5ccccc5c5ccccc54)cc4[c]3[Sb]3[c]5c2cc(-n2c6ccccc6c6ccccc62)cc5N(c2ccc(C)cc2)c2cc(-n5c6ccccc6c6ccccc65)cc([c]23)N4c2ccc(C)cc2)cc1. The summed E-state index contributed by atoms with van der Waals surface area (Å²) in [6.07, 6.45) is 0. The van der Waals surface area contributed by atoms with Gasteiger partial charge in [0, 0.05) is 0 Å². The van der Waals surface area contributed by atoms with Crippen LogP contribution in [0.5, 0.6) is 0 Å². The van der Waals surface area contributed by atoms with Crippen LogP contribution in [0, 0.1) is 20.8 Å². The predicted molar refractivity (Wildman–Crippen MR) is 346 cm³/mol. The number of hydrogen-bond donors (Lipinski definition) is 0. The van der Waals surface area contributed by atoms with Gasteiger partial charge in [-0.25, -0.2) is 0 Å². The molecule has 6 nitrogen and oxygen atoms in total. The van der Waals surface area contributed by atoms with Crippen LogP contribution in [-0.2, 0) is 0 Å². The Kier molecular flexibility index (Phi) is 9.63. The van der Waals surface area contributed by atoms with Gasteiger partial charge < -0.3 is 0 Å². The summed E-state index contributed by atoms with van der Waals surface area (Å²) in [7, 11) is 0. The maximum absolute atomic E-state index is 3.23. The van der Waals surface area contributed by atoms with E-state index in [-0.39, 0.29) is 0 Å². The topological polar surface area (TPSA) is 24.5 Å². The molecule has 6 heterocycles. The molecule has 7 heteroatoms. The van der Waals surface area contributed by atoms with Gasteiger partial charge in [0.15, 0.2) is 0 Å². The molecule has 3 aliphatic heterocycles. The van der Waals surface area contributed by atoms with E-state index in [1.54, 1.807) is 0 Å². The molecule has 3 aliphatic rings. The van der Waals surface area contributed by atoms with E-state index in [2.05, 4.69) is 304 Å². The Morgan fingerprint density at radius 1 is 0.220 bits per heavy atom. The quantitative estimate of drug-likeness (QED) is 0.155. The molecule has 0 saturated heterocycles. The molecule has 18 rings (SSSR count). The Labute approximate surface area is 481 Å². The molecule has 3 aromatic heterocycles. The fraction of sp³-hybridized carbons (Fsp3) is 0.0400. The molecule has 386 valence electrons. The summed E-state index contributed by atoms with van der Waals surface area (Å²) < 4.78 is 12.0. The van der Waals surface area contributed by atoms with Crippen molar-refractivity contribution in [2.45, 2.75) is 20.8 Å². The minimum atomic E-state index is -3.23. The van der Waals surface area contributed by atoms with Crippen molar-refractivity contribution < 1.29 is 0 Å². The first-order valence-electron chi connectivity index (χ1n) is 28.3. The van der Waals surface area contributed by atoms with Gasteiger partial charge in [-0.15, -0.1) is 0 Å². The molecular weight excluding hydrogens is 1110 g/mol. The van der Waals surface area contributed by atoms with Crippen molar-refractivity contribution in [1.82, 2.24) is 13.7 Å². The summed E-state index contributed by atoms with van der Waals surface area (Å²) in [5.41, 5.74) is 25.0. The van der Waals surface area contributed by atoms with Crippen LogP contribution in [-0.4, -0.2) is 33.9 Å². The van der Waals surface area contributed by atoms with Gasteiger partial charge in [-0.1, -0.05) is 0 Å². The number of aromatic nitrogens is 3. The second kappa shape index (κ2) is 17.1. The number of anilines is 9. The molecule has 0 fully saturated rings. The van der Waals surface area contributed by atoms with Crippen LogP contribution in [0.4, 0.5) is 51.2 Å². The van der Waals surface area contributed by atoms with Crippen LogP contribution < -0.4 is 25.2 Å². The molecule has 0 aliphatic carbocycles. The molecule has 0 radical (unpaired) electrons. The first kappa shape index (κ1) is 46.1. The maximum atomic E-state index is 2.65. The third-order valence-electron chi connectivity index (χ3n) is 17.7. The summed E-state index contributed by atoms with van der Waals surface area (Å²) in [5.74, 6) is 0. The van der Waals surface area contributed by atoms with Gasteiger partial charge in [-0.3, -0.25) is 0 Å². The summed E-state index contributed by atoms with van der Waals surface area (Å²) >= 11 is -3.23. The Bertz CT molecular complexity index is 4460. The van der Waals surface area contributed by atoms with Crippen molar-refractivity contribution in [3.05, 3.63) is 271 Å². The van der Waals surface area contributed by atoms with Crippen LogP contribution in [0.25, 0.3) is 82.5 Å². The van der Waals surface area contributed by atoms with Crippen molar-refractivity contribution in [3.8, 4) is 17.1 Å². The number of hydrogen-bond acceptors (Lipinski definition) is 3. The van der Waals surface area contributed by atoms with Crippen LogP contribution >= 0.6 is 0 Å². The van der Waals surface area contributed by atoms with Gasteiger partial charge in [0.1, 0.15) is 0 Å². The van der Waals surface area contributed by atoms with Crippen molar-refractivity contribution in [3.63, 3.8) is 0 Å². The fourth-order valence-electron chi connectivity index (χ4n) is 14.1. The third-order valence-corrected chi connectivity index (χ3v) is 25.4.